The molecule has 1 aromatic carbocycles. The third kappa shape index (κ3) is 6.31. The topological polar surface area (TPSA) is 73.6 Å². The summed E-state index contributed by atoms with van der Waals surface area (Å²) in [4.78, 5) is 10.4. The van der Waals surface area contributed by atoms with Crippen molar-refractivity contribution in [3.05, 3.63) is 44.4 Å². The molecule has 0 spiro atoms. The summed E-state index contributed by atoms with van der Waals surface area (Å²) in [7, 11) is 1.60. The van der Waals surface area contributed by atoms with Gasteiger partial charge in [0, 0.05) is 43.4 Å². The predicted octanol–water partition coefficient (Wildman–Crippen LogP) is 3.03. The fraction of sp³-hybridized carbons (Fsp3) is 0.385. The van der Waals surface area contributed by atoms with Gasteiger partial charge in [-0.3, -0.25) is 10.1 Å². The molecule has 0 bridgehead atoms. The first-order chi connectivity index (χ1) is 10.1. The number of nitrogens with one attached hydrogen (secondary N) is 1. The fourth-order valence-corrected chi connectivity index (χ4v) is 1.65. The Kier molecular flexibility index (Phi) is 8.07. The van der Waals surface area contributed by atoms with E-state index in [0.717, 1.165) is 0 Å². The van der Waals surface area contributed by atoms with Gasteiger partial charge < -0.3 is 14.8 Å². The second kappa shape index (κ2) is 9.57. The molecule has 0 saturated heterocycles. The SMILES string of the molecule is COCCNCc1cc([N+](=O)[O-])ccc1OCC(Cl)=CCl. The Balaban J connectivity index is 2.81. The zero-order valence-corrected chi connectivity index (χ0v) is 13.0. The van der Waals surface area contributed by atoms with Crippen LogP contribution in [0.2, 0.25) is 0 Å². The van der Waals surface area contributed by atoms with E-state index >= 15 is 0 Å². The zero-order valence-electron chi connectivity index (χ0n) is 11.5. The van der Waals surface area contributed by atoms with Crippen LogP contribution in [0.1, 0.15) is 5.56 Å². The normalized spacial score (nSPS) is 11.5. The monoisotopic (exact) mass is 334 g/mol. The van der Waals surface area contributed by atoms with Gasteiger partial charge in [0.15, 0.2) is 0 Å². The number of benzene rings is 1. The van der Waals surface area contributed by atoms with Gasteiger partial charge in [-0.25, -0.2) is 0 Å². The summed E-state index contributed by atoms with van der Waals surface area (Å²) < 4.78 is 10.4. The van der Waals surface area contributed by atoms with Crippen LogP contribution in [0.25, 0.3) is 0 Å². The molecule has 21 heavy (non-hydrogen) atoms. The molecule has 0 saturated carbocycles. The third-order valence-electron chi connectivity index (χ3n) is 2.54. The maximum absolute atomic E-state index is 10.8. The van der Waals surface area contributed by atoms with Gasteiger partial charge in [0.1, 0.15) is 12.4 Å². The third-order valence-corrected chi connectivity index (χ3v) is 3.13. The molecule has 0 amide bonds. The Morgan fingerprint density at radius 3 is 2.90 bits per heavy atom. The van der Waals surface area contributed by atoms with E-state index in [2.05, 4.69) is 5.32 Å². The molecular formula is C13H16Cl2N2O4. The molecule has 0 aliphatic rings. The Morgan fingerprint density at radius 1 is 1.52 bits per heavy atom. The van der Waals surface area contributed by atoms with E-state index in [0.29, 0.717) is 36.0 Å². The zero-order chi connectivity index (χ0) is 15.7. The second-order valence-electron chi connectivity index (χ2n) is 4.06. The van der Waals surface area contributed by atoms with E-state index in [4.69, 9.17) is 32.7 Å². The van der Waals surface area contributed by atoms with Crippen molar-refractivity contribution < 1.29 is 14.4 Å². The predicted molar refractivity (Wildman–Crippen MR) is 82.0 cm³/mol. The van der Waals surface area contributed by atoms with Crippen LogP contribution in [-0.4, -0.2) is 31.8 Å². The second-order valence-corrected chi connectivity index (χ2v) is 4.77. The van der Waals surface area contributed by atoms with Crippen LogP contribution in [0.15, 0.2) is 28.8 Å². The molecule has 1 rings (SSSR count). The lowest BCUT2D eigenvalue weighted by Gasteiger charge is -2.12. The number of hydrogen-bond donors (Lipinski definition) is 1. The van der Waals surface area contributed by atoms with Crippen molar-refractivity contribution in [3.8, 4) is 5.75 Å². The number of non-ortho nitro benzene ring substituents is 1. The van der Waals surface area contributed by atoms with E-state index in [1.54, 1.807) is 13.2 Å². The van der Waals surface area contributed by atoms with Crippen molar-refractivity contribution in [2.45, 2.75) is 6.54 Å². The molecular weight excluding hydrogens is 319 g/mol. The summed E-state index contributed by atoms with van der Waals surface area (Å²) in [6.45, 7) is 1.70. The molecule has 6 nitrogen and oxygen atoms in total. The Hall–Kier alpha value is -1.34. The molecule has 116 valence electrons. The first-order valence-corrected chi connectivity index (χ1v) is 6.94. The summed E-state index contributed by atoms with van der Waals surface area (Å²) in [6, 6.07) is 4.39. The van der Waals surface area contributed by atoms with Crippen LogP contribution in [0.4, 0.5) is 5.69 Å². The molecule has 8 heteroatoms. The van der Waals surface area contributed by atoms with Crippen molar-refractivity contribution in [1.29, 1.82) is 0 Å². The molecule has 0 aromatic heterocycles. The minimum atomic E-state index is -0.450. The average molecular weight is 335 g/mol. The van der Waals surface area contributed by atoms with Gasteiger partial charge in [-0.15, -0.1) is 0 Å². The van der Waals surface area contributed by atoms with Crippen LogP contribution in [0.5, 0.6) is 5.75 Å². The number of nitro groups is 1. The van der Waals surface area contributed by atoms with Crippen molar-refractivity contribution in [3.63, 3.8) is 0 Å². The summed E-state index contributed by atoms with van der Waals surface area (Å²) in [6.07, 6.45) is 0. The van der Waals surface area contributed by atoms with Gasteiger partial charge in [0.25, 0.3) is 5.69 Å². The largest absolute Gasteiger partial charge is 0.488 e. The maximum atomic E-state index is 10.8. The lowest BCUT2D eigenvalue weighted by atomic mass is 10.1. The van der Waals surface area contributed by atoms with Gasteiger partial charge in [-0.1, -0.05) is 23.2 Å². The van der Waals surface area contributed by atoms with Crippen LogP contribution < -0.4 is 10.1 Å². The molecule has 1 aromatic rings. The van der Waals surface area contributed by atoms with E-state index < -0.39 is 4.92 Å². The summed E-state index contributed by atoms with van der Waals surface area (Å²) in [5.41, 5.74) is 1.88. The van der Waals surface area contributed by atoms with E-state index in [-0.39, 0.29) is 12.3 Å². The minimum absolute atomic E-state index is 0.00451. The number of methoxy groups -OCH3 is 1. The highest BCUT2D eigenvalue weighted by Gasteiger charge is 2.12. The van der Waals surface area contributed by atoms with Gasteiger partial charge in [-0.05, 0) is 6.07 Å². The number of hydrogen-bond acceptors (Lipinski definition) is 5. The fourth-order valence-electron chi connectivity index (χ4n) is 1.53. The highest BCUT2D eigenvalue weighted by molar-refractivity contribution is 6.36. The number of nitro benzene ring substituents is 1. The van der Waals surface area contributed by atoms with Gasteiger partial charge in [0.2, 0.25) is 0 Å². The van der Waals surface area contributed by atoms with Crippen LogP contribution in [0.3, 0.4) is 0 Å². The lowest BCUT2D eigenvalue weighted by Crippen LogP contribution is -2.19. The van der Waals surface area contributed by atoms with E-state index in [1.165, 1.54) is 17.7 Å². The van der Waals surface area contributed by atoms with Crippen molar-refractivity contribution in [1.82, 2.24) is 5.32 Å². The molecule has 1 N–H and O–H groups in total. The van der Waals surface area contributed by atoms with Gasteiger partial charge in [-0.2, -0.15) is 0 Å². The standard InChI is InChI=1S/C13H16Cl2N2O4/c1-20-5-4-16-8-10-6-12(17(18)19)2-3-13(10)21-9-11(15)7-14/h2-3,6-7,16H,4-5,8-9H2,1H3. The number of rotatable bonds is 9. The van der Waals surface area contributed by atoms with Gasteiger partial charge in [0.05, 0.1) is 16.6 Å². The van der Waals surface area contributed by atoms with E-state index in [9.17, 15) is 10.1 Å². The molecule has 0 aliphatic carbocycles. The Labute approximate surface area is 132 Å². The maximum Gasteiger partial charge on any atom is 0.270 e. The molecule has 0 fully saturated rings. The quantitative estimate of drug-likeness (QED) is 0.427. The van der Waals surface area contributed by atoms with Crippen molar-refractivity contribution in [2.24, 2.45) is 0 Å². The molecule has 0 radical (unpaired) electrons. The van der Waals surface area contributed by atoms with E-state index in [1.807, 2.05) is 0 Å². The van der Waals surface area contributed by atoms with Crippen LogP contribution in [0, 0.1) is 10.1 Å². The van der Waals surface area contributed by atoms with Gasteiger partial charge >= 0.3 is 0 Å². The Morgan fingerprint density at radius 2 is 2.29 bits per heavy atom. The summed E-state index contributed by atoms with van der Waals surface area (Å²) in [5, 5.41) is 14.3. The molecule has 0 aliphatic heterocycles. The minimum Gasteiger partial charge on any atom is -0.488 e. The molecule has 0 unspecified atom stereocenters. The lowest BCUT2D eigenvalue weighted by molar-refractivity contribution is -0.384. The summed E-state index contributed by atoms with van der Waals surface area (Å²) in [5.74, 6) is 0.516. The number of nitrogens with zero attached hydrogens (tertiary/aromatic N) is 1. The van der Waals surface area contributed by atoms with Crippen molar-refractivity contribution >= 4 is 28.9 Å². The number of halogens is 2. The first kappa shape index (κ1) is 17.7. The molecule has 0 atom stereocenters. The highest BCUT2D eigenvalue weighted by Crippen LogP contribution is 2.25. The average Bonchev–Trinajstić information content (AvgIpc) is 2.49. The first-order valence-electron chi connectivity index (χ1n) is 6.13. The van der Waals surface area contributed by atoms with Crippen LogP contribution >= 0.6 is 23.2 Å². The smallest absolute Gasteiger partial charge is 0.270 e. The Bertz CT molecular complexity index is 509. The summed E-state index contributed by atoms with van der Waals surface area (Å²) >= 11 is 11.2. The number of ether oxygens (including phenoxy) is 2. The van der Waals surface area contributed by atoms with Crippen molar-refractivity contribution in [2.75, 3.05) is 26.9 Å². The highest BCUT2D eigenvalue weighted by atomic mass is 35.5. The van der Waals surface area contributed by atoms with Crippen LogP contribution in [-0.2, 0) is 11.3 Å². The molecule has 0 heterocycles.